The van der Waals surface area contributed by atoms with E-state index in [1.807, 2.05) is 51.1 Å². The highest BCUT2D eigenvalue weighted by Crippen LogP contribution is 2.24. The maximum absolute atomic E-state index is 9.70. The van der Waals surface area contributed by atoms with Crippen molar-refractivity contribution in [3.8, 4) is 0 Å². The standard InChI is InChI=1S/C12H16O/c1-12(2,3)11(13)9-10-7-5-4-6-8-10/h4-9,13H,1-3H3/b11-9-. The summed E-state index contributed by atoms with van der Waals surface area (Å²) in [6, 6.07) is 9.83. The highest BCUT2D eigenvalue weighted by atomic mass is 16.3. The van der Waals surface area contributed by atoms with Crippen LogP contribution in [0.5, 0.6) is 0 Å². The topological polar surface area (TPSA) is 20.2 Å². The highest BCUT2D eigenvalue weighted by Gasteiger charge is 2.15. The second kappa shape index (κ2) is 3.65. The maximum atomic E-state index is 9.70. The Labute approximate surface area is 79.7 Å². The minimum atomic E-state index is -0.171. The lowest BCUT2D eigenvalue weighted by Gasteiger charge is -2.17. The fraction of sp³-hybridized carbons (Fsp3) is 0.333. The first-order chi connectivity index (χ1) is 6.00. The van der Waals surface area contributed by atoms with Crippen molar-refractivity contribution in [2.75, 3.05) is 0 Å². The third kappa shape index (κ3) is 2.94. The Hall–Kier alpha value is -1.24. The molecule has 0 spiro atoms. The first-order valence-corrected chi connectivity index (χ1v) is 4.46. The van der Waals surface area contributed by atoms with Crippen molar-refractivity contribution < 1.29 is 5.11 Å². The zero-order valence-electron chi connectivity index (χ0n) is 8.41. The summed E-state index contributed by atoms with van der Waals surface area (Å²) < 4.78 is 0. The Morgan fingerprint density at radius 1 is 1.15 bits per heavy atom. The SMILES string of the molecule is CC(C)(C)/C(O)=C/c1ccccc1. The van der Waals surface area contributed by atoms with Gasteiger partial charge in [-0.3, -0.25) is 0 Å². The van der Waals surface area contributed by atoms with Gasteiger partial charge in [-0.25, -0.2) is 0 Å². The van der Waals surface area contributed by atoms with Crippen molar-refractivity contribution in [1.29, 1.82) is 0 Å². The third-order valence-corrected chi connectivity index (χ3v) is 1.87. The molecule has 0 aromatic heterocycles. The minimum Gasteiger partial charge on any atom is -0.512 e. The number of rotatable bonds is 1. The summed E-state index contributed by atoms with van der Waals surface area (Å²) in [6.07, 6.45) is 1.81. The summed E-state index contributed by atoms with van der Waals surface area (Å²) in [5, 5.41) is 9.70. The summed E-state index contributed by atoms with van der Waals surface area (Å²) in [7, 11) is 0. The fourth-order valence-electron chi connectivity index (χ4n) is 0.924. The molecule has 0 fully saturated rings. The average Bonchev–Trinajstić information content (AvgIpc) is 2.04. The Kier molecular flexibility index (Phi) is 2.76. The van der Waals surface area contributed by atoms with E-state index < -0.39 is 0 Å². The number of hydrogen-bond acceptors (Lipinski definition) is 1. The number of hydrogen-bond donors (Lipinski definition) is 1. The molecule has 0 saturated heterocycles. The lowest BCUT2D eigenvalue weighted by molar-refractivity contribution is 0.282. The quantitative estimate of drug-likeness (QED) is 0.648. The van der Waals surface area contributed by atoms with Gasteiger partial charge in [0.05, 0.1) is 5.76 Å². The van der Waals surface area contributed by atoms with Crippen LogP contribution in [-0.4, -0.2) is 5.11 Å². The molecule has 1 aromatic carbocycles. The second-order valence-corrected chi connectivity index (χ2v) is 4.19. The first kappa shape index (κ1) is 9.85. The number of aliphatic hydroxyl groups excluding tert-OH is 1. The van der Waals surface area contributed by atoms with Crippen LogP contribution in [0.4, 0.5) is 0 Å². The van der Waals surface area contributed by atoms with Crippen LogP contribution in [-0.2, 0) is 0 Å². The van der Waals surface area contributed by atoms with Gasteiger partial charge in [0, 0.05) is 5.41 Å². The van der Waals surface area contributed by atoms with E-state index in [2.05, 4.69) is 0 Å². The molecule has 1 aromatic rings. The fourth-order valence-corrected chi connectivity index (χ4v) is 0.924. The zero-order chi connectivity index (χ0) is 9.90. The molecule has 1 N–H and O–H groups in total. The molecule has 0 unspecified atom stereocenters. The molecule has 1 nitrogen and oxygen atoms in total. The van der Waals surface area contributed by atoms with E-state index >= 15 is 0 Å². The Balaban J connectivity index is 2.90. The van der Waals surface area contributed by atoms with Crippen molar-refractivity contribution in [1.82, 2.24) is 0 Å². The van der Waals surface area contributed by atoms with Crippen LogP contribution in [0.2, 0.25) is 0 Å². The van der Waals surface area contributed by atoms with Gasteiger partial charge in [-0.1, -0.05) is 51.1 Å². The molecule has 13 heavy (non-hydrogen) atoms. The van der Waals surface area contributed by atoms with Crippen LogP contribution in [0.1, 0.15) is 26.3 Å². The van der Waals surface area contributed by atoms with Gasteiger partial charge in [0.2, 0.25) is 0 Å². The summed E-state index contributed by atoms with van der Waals surface area (Å²) in [5.74, 6) is 0.415. The van der Waals surface area contributed by atoms with Gasteiger partial charge in [0.15, 0.2) is 0 Å². The van der Waals surface area contributed by atoms with Crippen molar-refractivity contribution in [3.63, 3.8) is 0 Å². The van der Waals surface area contributed by atoms with Gasteiger partial charge in [-0.05, 0) is 11.6 Å². The number of benzene rings is 1. The Bertz CT molecular complexity index is 291. The molecule has 70 valence electrons. The lowest BCUT2D eigenvalue weighted by atomic mass is 9.92. The predicted octanol–water partition coefficient (Wildman–Crippen LogP) is 3.63. The van der Waals surface area contributed by atoms with E-state index in [4.69, 9.17) is 0 Å². The van der Waals surface area contributed by atoms with Gasteiger partial charge in [-0.2, -0.15) is 0 Å². The molecule has 0 atom stereocenters. The number of aliphatic hydroxyl groups is 1. The largest absolute Gasteiger partial charge is 0.512 e. The second-order valence-electron chi connectivity index (χ2n) is 4.19. The smallest absolute Gasteiger partial charge is 0.0981 e. The molecule has 0 amide bonds. The van der Waals surface area contributed by atoms with Crippen LogP contribution < -0.4 is 0 Å². The van der Waals surface area contributed by atoms with Crippen LogP contribution >= 0.6 is 0 Å². The molecular formula is C12H16O. The van der Waals surface area contributed by atoms with Crippen LogP contribution in [0.15, 0.2) is 36.1 Å². The van der Waals surface area contributed by atoms with Gasteiger partial charge in [0.25, 0.3) is 0 Å². The molecule has 0 heterocycles. The van der Waals surface area contributed by atoms with E-state index in [9.17, 15) is 5.11 Å². The van der Waals surface area contributed by atoms with E-state index in [1.54, 1.807) is 6.08 Å². The van der Waals surface area contributed by atoms with Gasteiger partial charge in [0.1, 0.15) is 0 Å². The molecule has 0 aliphatic rings. The molecule has 0 saturated carbocycles. The Morgan fingerprint density at radius 2 is 1.69 bits per heavy atom. The lowest BCUT2D eigenvalue weighted by Crippen LogP contribution is -2.08. The van der Waals surface area contributed by atoms with Crippen molar-refractivity contribution >= 4 is 6.08 Å². The minimum absolute atomic E-state index is 0.171. The molecule has 0 bridgehead atoms. The molecule has 0 aliphatic carbocycles. The molecule has 1 rings (SSSR count). The van der Waals surface area contributed by atoms with E-state index in [-0.39, 0.29) is 5.41 Å². The zero-order valence-corrected chi connectivity index (χ0v) is 8.41. The average molecular weight is 176 g/mol. The van der Waals surface area contributed by atoms with E-state index in [0.717, 1.165) is 5.56 Å². The summed E-state index contributed by atoms with van der Waals surface area (Å²) in [6.45, 7) is 5.96. The molecule has 0 radical (unpaired) electrons. The monoisotopic (exact) mass is 176 g/mol. The van der Waals surface area contributed by atoms with Gasteiger partial charge < -0.3 is 5.11 Å². The van der Waals surface area contributed by atoms with Gasteiger partial charge in [-0.15, -0.1) is 0 Å². The normalized spacial score (nSPS) is 13.0. The summed E-state index contributed by atoms with van der Waals surface area (Å²) >= 11 is 0. The molecular weight excluding hydrogens is 160 g/mol. The molecule has 0 aliphatic heterocycles. The number of allylic oxidation sites excluding steroid dienone is 1. The van der Waals surface area contributed by atoms with Crippen LogP contribution in [0.3, 0.4) is 0 Å². The summed E-state index contributed by atoms with van der Waals surface area (Å²) in [5.41, 5.74) is 0.866. The van der Waals surface area contributed by atoms with E-state index in [1.165, 1.54) is 0 Å². The first-order valence-electron chi connectivity index (χ1n) is 4.46. The van der Waals surface area contributed by atoms with Gasteiger partial charge >= 0.3 is 0 Å². The summed E-state index contributed by atoms with van der Waals surface area (Å²) in [4.78, 5) is 0. The molecule has 1 heteroatoms. The predicted molar refractivity (Wildman–Crippen MR) is 56.5 cm³/mol. The highest BCUT2D eigenvalue weighted by molar-refractivity contribution is 5.51. The van der Waals surface area contributed by atoms with Crippen molar-refractivity contribution in [3.05, 3.63) is 41.7 Å². The Morgan fingerprint density at radius 3 is 2.15 bits per heavy atom. The van der Waals surface area contributed by atoms with Crippen LogP contribution in [0, 0.1) is 5.41 Å². The van der Waals surface area contributed by atoms with Crippen molar-refractivity contribution in [2.45, 2.75) is 20.8 Å². The maximum Gasteiger partial charge on any atom is 0.0981 e. The van der Waals surface area contributed by atoms with Crippen LogP contribution in [0.25, 0.3) is 6.08 Å². The third-order valence-electron chi connectivity index (χ3n) is 1.87. The van der Waals surface area contributed by atoms with E-state index in [0.29, 0.717) is 5.76 Å². The van der Waals surface area contributed by atoms with Crippen molar-refractivity contribution in [2.24, 2.45) is 5.41 Å².